The van der Waals surface area contributed by atoms with Crippen LogP contribution in [-0.2, 0) is 16.1 Å². The molecule has 1 aromatic heterocycles. The fourth-order valence-corrected chi connectivity index (χ4v) is 5.19. The zero-order valence-corrected chi connectivity index (χ0v) is 22.7. The summed E-state index contributed by atoms with van der Waals surface area (Å²) >= 11 is 0. The van der Waals surface area contributed by atoms with Crippen molar-refractivity contribution in [3.8, 4) is 23.0 Å². The lowest BCUT2D eigenvalue weighted by Gasteiger charge is -2.22. The number of benzene rings is 4. The minimum atomic E-state index is -1.27. The molecule has 1 fully saturated rings. The van der Waals surface area contributed by atoms with Crippen molar-refractivity contribution in [3.63, 3.8) is 0 Å². The number of carbonyl (C=O) groups excluding carboxylic acids is 1. The summed E-state index contributed by atoms with van der Waals surface area (Å²) in [6.07, 6.45) is 2.74. The monoisotopic (exact) mass is 541 g/mol. The average Bonchev–Trinajstić information content (AvgIpc) is 3.51. The zero-order valence-electron chi connectivity index (χ0n) is 22.7. The zero-order chi connectivity index (χ0) is 28.0. The normalized spacial score (nSPS) is 14.4. The number of rotatable bonds is 7. The van der Waals surface area contributed by atoms with Gasteiger partial charge >= 0.3 is 0 Å². The third-order valence-electron chi connectivity index (χ3n) is 7.49. The fraction of sp³-hybridized carbons (Fsp3) is 0.194. The van der Waals surface area contributed by atoms with Crippen LogP contribution in [0, 0.1) is 11.8 Å². The summed E-state index contributed by atoms with van der Waals surface area (Å²) in [7, 11) is 0. The van der Waals surface area contributed by atoms with Crippen LogP contribution in [0.1, 0.15) is 51.6 Å². The molecule has 0 bridgehead atoms. The second kappa shape index (κ2) is 12.4. The van der Waals surface area contributed by atoms with E-state index in [2.05, 4.69) is 16.8 Å². The molecule has 0 aliphatic carbocycles. The minimum Gasteiger partial charge on any atom is -0.381 e. The highest BCUT2D eigenvalue weighted by Crippen LogP contribution is 2.33. The molecule has 0 radical (unpaired) electrons. The number of hydrogen-bond donors (Lipinski definition) is 2. The molecule has 6 rings (SSSR count). The van der Waals surface area contributed by atoms with Gasteiger partial charge in [0.25, 0.3) is 0 Å². The molecule has 1 aliphatic rings. The summed E-state index contributed by atoms with van der Waals surface area (Å²) in [5.41, 5.74) is 6.20. The predicted molar refractivity (Wildman–Crippen MR) is 161 cm³/mol. The minimum absolute atomic E-state index is 0.252. The number of hydrogen-bond acceptors (Lipinski definition) is 4. The smallest absolute Gasteiger partial charge is 0.196 e. The molecule has 0 amide bonds. The van der Waals surface area contributed by atoms with Gasteiger partial charge in [-0.05, 0) is 65.3 Å². The number of ketones is 1. The van der Waals surface area contributed by atoms with Crippen molar-refractivity contribution in [1.29, 1.82) is 0 Å². The van der Waals surface area contributed by atoms with Crippen LogP contribution in [0.3, 0.4) is 0 Å². The van der Waals surface area contributed by atoms with E-state index in [1.807, 2.05) is 85.1 Å². The first-order valence-corrected chi connectivity index (χ1v) is 13.9. The largest absolute Gasteiger partial charge is 0.381 e. The Bertz CT molecular complexity index is 1700. The standard InChI is InChI=1S/C36H31NO4/c38-35(29-5-2-1-3-6-29)36(39)32-8-4-7-28(34(32)30-16-15-27-17-20-37-33(27)23-30)14-13-25-9-11-26(12-10-25)24-41-31-18-21-40-22-19-31/h1-12,15-17,20,23,31,35,37-38H,18-19,21-22,24H2. The number of H-pyrrole nitrogens is 1. The topological polar surface area (TPSA) is 71.5 Å². The lowest BCUT2D eigenvalue weighted by atomic mass is 9.89. The van der Waals surface area contributed by atoms with E-state index in [0.29, 0.717) is 28.9 Å². The molecule has 5 nitrogen and oxygen atoms in total. The van der Waals surface area contributed by atoms with Gasteiger partial charge in [-0.2, -0.15) is 0 Å². The van der Waals surface area contributed by atoms with Gasteiger partial charge in [-0.25, -0.2) is 0 Å². The summed E-state index contributed by atoms with van der Waals surface area (Å²) < 4.78 is 11.5. The number of ether oxygens (including phenoxy) is 2. The Morgan fingerprint density at radius 3 is 2.54 bits per heavy atom. The van der Waals surface area contributed by atoms with Crippen LogP contribution in [0.2, 0.25) is 0 Å². The molecule has 2 N–H and O–H groups in total. The van der Waals surface area contributed by atoms with Crippen molar-refractivity contribution in [1.82, 2.24) is 4.98 Å². The first-order valence-electron chi connectivity index (χ1n) is 13.9. The van der Waals surface area contributed by atoms with Crippen LogP contribution in [0.25, 0.3) is 22.0 Å². The van der Waals surface area contributed by atoms with E-state index < -0.39 is 6.10 Å². The maximum atomic E-state index is 13.7. The van der Waals surface area contributed by atoms with Crippen molar-refractivity contribution in [2.24, 2.45) is 0 Å². The Kier molecular flexibility index (Phi) is 8.06. The molecule has 4 aromatic carbocycles. The number of Topliss-reactive ketones (excluding diaryl/α,β-unsaturated/α-hetero) is 1. The van der Waals surface area contributed by atoms with E-state index in [1.54, 1.807) is 18.2 Å². The number of carbonyl (C=O) groups is 1. The van der Waals surface area contributed by atoms with Crippen LogP contribution in [-0.4, -0.2) is 35.2 Å². The number of aliphatic hydroxyl groups is 1. The van der Waals surface area contributed by atoms with E-state index in [9.17, 15) is 9.90 Å². The van der Waals surface area contributed by atoms with Gasteiger partial charge in [-0.15, -0.1) is 0 Å². The number of aromatic nitrogens is 1. The molecule has 1 atom stereocenters. The first kappa shape index (κ1) is 26.7. The highest BCUT2D eigenvalue weighted by molar-refractivity contribution is 6.07. The molecule has 0 spiro atoms. The number of nitrogens with one attached hydrogen (secondary N) is 1. The van der Waals surface area contributed by atoms with Gasteiger partial charge in [0.05, 0.1) is 12.7 Å². The Labute approximate surface area is 239 Å². The predicted octanol–water partition coefficient (Wildman–Crippen LogP) is 6.85. The van der Waals surface area contributed by atoms with E-state index in [4.69, 9.17) is 9.47 Å². The van der Waals surface area contributed by atoms with Gasteiger partial charge in [0, 0.05) is 47.2 Å². The highest BCUT2D eigenvalue weighted by atomic mass is 16.5. The molecule has 204 valence electrons. The molecule has 2 heterocycles. The molecule has 1 saturated heterocycles. The van der Waals surface area contributed by atoms with E-state index in [1.165, 1.54) is 0 Å². The summed E-state index contributed by atoms with van der Waals surface area (Å²) in [4.78, 5) is 16.9. The summed E-state index contributed by atoms with van der Waals surface area (Å²) in [6.45, 7) is 2.09. The second-order valence-corrected chi connectivity index (χ2v) is 10.3. The SMILES string of the molecule is O=C(c1cccc(C#Cc2ccc(COC3CCOCC3)cc2)c1-c1ccc2cc[nH]c2c1)C(O)c1ccccc1. The van der Waals surface area contributed by atoms with Crippen molar-refractivity contribution >= 4 is 16.7 Å². The fourth-order valence-electron chi connectivity index (χ4n) is 5.19. The molecule has 5 aromatic rings. The van der Waals surface area contributed by atoms with Crippen molar-refractivity contribution in [3.05, 3.63) is 131 Å². The Morgan fingerprint density at radius 1 is 0.927 bits per heavy atom. The second-order valence-electron chi connectivity index (χ2n) is 10.3. The lowest BCUT2D eigenvalue weighted by Crippen LogP contribution is -2.23. The van der Waals surface area contributed by atoms with Crippen molar-refractivity contribution < 1.29 is 19.4 Å². The summed E-state index contributed by atoms with van der Waals surface area (Å²) in [6, 6.07) is 30.6. The van der Waals surface area contributed by atoms with E-state index in [0.717, 1.165) is 53.6 Å². The van der Waals surface area contributed by atoms with Gasteiger partial charge in [0.15, 0.2) is 5.78 Å². The van der Waals surface area contributed by atoms with Crippen molar-refractivity contribution in [2.45, 2.75) is 31.7 Å². The quantitative estimate of drug-likeness (QED) is 0.175. The Morgan fingerprint density at radius 2 is 1.73 bits per heavy atom. The highest BCUT2D eigenvalue weighted by Gasteiger charge is 2.24. The maximum Gasteiger partial charge on any atom is 0.196 e. The molecular formula is C36H31NO4. The number of aromatic amines is 1. The van der Waals surface area contributed by atoms with Crippen LogP contribution in [0.5, 0.6) is 0 Å². The number of aliphatic hydroxyl groups excluding tert-OH is 1. The van der Waals surface area contributed by atoms with Gasteiger partial charge in [0.1, 0.15) is 6.10 Å². The molecule has 0 saturated carbocycles. The summed E-state index contributed by atoms with van der Waals surface area (Å²) in [5, 5.41) is 12.1. The van der Waals surface area contributed by atoms with Crippen LogP contribution in [0.4, 0.5) is 0 Å². The van der Waals surface area contributed by atoms with Gasteiger partial charge < -0.3 is 19.6 Å². The molecule has 5 heteroatoms. The molecule has 1 aliphatic heterocycles. The maximum absolute atomic E-state index is 13.7. The van der Waals surface area contributed by atoms with Gasteiger partial charge in [0.2, 0.25) is 0 Å². The van der Waals surface area contributed by atoms with E-state index >= 15 is 0 Å². The Hall–Kier alpha value is -4.47. The van der Waals surface area contributed by atoms with Gasteiger partial charge in [-0.3, -0.25) is 4.79 Å². The Balaban J connectivity index is 1.32. The molecular weight excluding hydrogens is 510 g/mol. The van der Waals surface area contributed by atoms with Crippen LogP contribution >= 0.6 is 0 Å². The van der Waals surface area contributed by atoms with Crippen molar-refractivity contribution in [2.75, 3.05) is 13.2 Å². The molecule has 1 unspecified atom stereocenters. The summed E-state index contributed by atoms with van der Waals surface area (Å²) in [5.74, 6) is 6.22. The third kappa shape index (κ3) is 6.16. The molecule has 41 heavy (non-hydrogen) atoms. The first-order chi connectivity index (χ1) is 20.2. The average molecular weight is 542 g/mol. The lowest BCUT2D eigenvalue weighted by molar-refractivity contribution is -0.0390. The number of fused-ring (bicyclic) bond motifs is 1. The van der Waals surface area contributed by atoms with E-state index in [-0.39, 0.29) is 11.9 Å². The third-order valence-corrected chi connectivity index (χ3v) is 7.49. The van der Waals surface area contributed by atoms with Crippen LogP contribution in [0.15, 0.2) is 103 Å². The van der Waals surface area contributed by atoms with Crippen LogP contribution < -0.4 is 0 Å². The van der Waals surface area contributed by atoms with Gasteiger partial charge in [-0.1, -0.05) is 78.6 Å².